The summed E-state index contributed by atoms with van der Waals surface area (Å²) in [4.78, 5) is 15.8. The van der Waals surface area contributed by atoms with Gasteiger partial charge in [-0.15, -0.1) is 0 Å². The maximum absolute atomic E-state index is 12.2. The van der Waals surface area contributed by atoms with Crippen molar-refractivity contribution in [1.29, 1.82) is 0 Å². The molecular weight excluding hydrogens is 665 g/mol. The number of H-pyrrole nitrogens is 1. The number of ether oxygens (including phenoxy) is 2. The van der Waals surface area contributed by atoms with Crippen LogP contribution in [0.2, 0.25) is 0 Å². The molecule has 4 aliphatic carbocycles. The molecule has 2 saturated carbocycles. The van der Waals surface area contributed by atoms with E-state index in [0.29, 0.717) is 18.8 Å². The van der Waals surface area contributed by atoms with Gasteiger partial charge in [-0.25, -0.2) is 0 Å². The largest absolute Gasteiger partial charge is 1.00 e. The van der Waals surface area contributed by atoms with E-state index in [0.717, 1.165) is 48.7 Å². The number of aliphatic hydroxyl groups excluding tert-OH is 2. The molecule has 0 amide bonds. The van der Waals surface area contributed by atoms with Crippen LogP contribution in [0.15, 0.2) is 23.8 Å². The molecule has 2 aromatic rings. The Labute approximate surface area is 331 Å². The number of aliphatic hydroxyl groups is 3. The van der Waals surface area contributed by atoms with Crippen molar-refractivity contribution in [3.63, 3.8) is 0 Å². The fourth-order valence-corrected chi connectivity index (χ4v) is 12.9. The standard InChI is InChI=1S/C43H59NO7.Na/c1-21(2)11-13-24-31-25(28-19-38(4,5)51-39(6,7)32(28)35(31)46)18-26-27-17-23-12-14-30-40(8,42(23,10)36(27)44-33(24)26)15-16-43(49)41(30,9)20-29(50-43)34(45)22(3)37(47)48;/h11,18-19,22-23,29-30,32,34-35,44-46,49H,12-17,20H2,1-10H3,(H,47,48);/q;+1/p-1/t22-,23-,29-,30+,32+,34+,35+,40-,41-,42+,43-;/m0./s1. The number of hydrogen-bond acceptors (Lipinski definition) is 7. The summed E-state index contributed by atoms with van der Waals surface area (Å²) in [5, 5.41) is 48.4. The molecule has 278 valence electrons. The Kier molecular flexibility index (Phi) is 8.95. The maximum Gasteiger partial charge on any atom is 1.00 e. The number of carboxylic acid groups (broad SMARTS) is 1. The Morgan fingerprint density at radius 1 is 1.10 bits per heavy atom. The molecule has 6 aliphatic rings. The van der Waals surface area contributed by atoms with E-state index in [1.807, 2.05) is 0 Å². The number of rotatable bonds is 5. The van der Waals surface area contributed by atoms with Crippen molar-refractivity contribution in [3.8, 4) is 0 Å². The average molecular weight is 724 g/mol. The fourth-order valence-electron chi connectivity index (χ4n) is 12.9. The minimum absolute atomic E-state index is 0. The number of fused-ring (bicyclic) bond motifs is 12. The van der Waals surface area contributed by atoms with E-state index >= 15 is 0 Å². The van der Waals surface area contributed by atoms with E-state index in [4.69, 9.17) is 9.47 Å². The van der Waals surface area contributed by atoms with Gasteiger partial charge in [0, 0.05) is 51.7 Å². The van der Waals surface area contributed by atoms with Gasteiger partial charge in [0.1, 0.15) is 0 Å². The molecule has 1 aromatic heterocycles. The summed E-state index contributed by atoms with van der Waals surface area (Å²) in [5.74, 6) is -3.49. The van der Waals surface area contributed by atoms with Crippen LogP contribution in [-0.2, 0) is 32.5 Å². The molecule has 1 aromatic carbocycles. The molecule has 2 aliphatic heterocycles. The van der Waals surface area contributed by atoms with E-state index in [1.165, 1.54) is 40.3 Å². The number of aliphatic carboxylic acids is 1. The van der Waals surface area contributed by atoms with Gasteiger partial charge in [0.05, 0.1) is 29.5 Å². The second-order valence-corrected chi connectivity index (χ2v) is 19.3. The molecule has 0 bridgehead atoms. The Balaban J connectivity index is 0.00000420. The van der Waals surface area contributed by atoms with Crippen molar-refractivity contribution in [2.45, 2.75) is 155 Å². The van der Waals surface area contributed by atoms with Crippen molar-refractivity contribution in [1.82, 2.24) is 4.98 Å². The van der Waals surface area contributed by atoms with E-state index in [2.05, 4.69) is 85.5 Å². The molecular formula is C43H58NNaO7. The van der Waals surface area contributed by atoms with Gasteiger partial charge in [0.2, 0.25) is 0 Å². The zero-order valence-electron chi connectivity index (χ0n) is 33.2. The summed E-state index contributed by atoms with van der Waals surface area (Å²) in [6, 6.07) is 2.37. The first-order valence-electron chi connectivity index (χ1n) is 19.3. The number of carbonyl (C=O) groups is 1. The zero-order valence-corrected chi connectivity index (χ0v) is 35.2. The van der Waals surface area contributed by atoms with Gasteiger partial charge in [-0.05, 0) is 137 Å². The van der Waals surface area contributed by atoms with Crippen molar-refractivity contribution >= 4 is 22.4 Å². The van der Waals surface area contributed by atoms with Gasteiger partial charge >= 0.3 is 29.6 Å². The van der Waals surface area contributed by atoms with E-state index in [9.17, 15) is 25.2 Å². The minimum atomic E-state index is -1.44. The quantitative estimate of drug-likeness (QED) is 0.275. The average Bonchev–Trinajstić information content (AvgIpc) is 3.70. The number of nitrogens with one attached hydrogen (secondary N) is 1. The van der Waals surface area contributed by atoms with Crippen LogP contribution < -0.4 is 34.7 Å². The molecule has 8 nitrogen and oxygen atoms in total. The second-order valence-electron chi connectivity index (χ2n) is 19.3. The summed E-state index contributed by atoms with van der Waals surface area (Å²) >= 11 is 0. The number of benzene rings is 1. The number of hydrogen-bond donors (Lipinski definition) is 4. The first-order valence-corrected chi connectivity index (χ1v) is 19.3. The van der Waals surface area contributed by atoms with Crippen LogP contribution in [0.3, 0.4) is 0 Å². The van der Waals surface area contributed by atoms with Crippen LogP contribution in [-0.4, -0.2) is 55.5 Å². The number of carboxylic acids is 1. The molecule has 0 unspecified atom stereocenters. The van der Waals surface area contributed by atoms with Crippen molar-refractivity contribution < 1.29 is 64.3 Å². The van der Waals surface area contributed by atoms with E-state index < -0.39 is 52.6 Å². The van der Waals surface area contributed by atoms with Crippen molar-refractivity contribution in [2.24, 2.45) is 34.5 Å². The van der Waals surface area contributed by atoms with Crippen LogP contribution in [0.4, 0.5) is 0 Å². The van der Waals surface area contributed by atoms with E-state index in [-0.39, 0.29) is 52.2 Å². The SMILES string of the molecule is CC(C)=CCc1c2c(cc3c4c([nH]c13)[C@@]1(C)[C@@H](CC[C@@H]3[C@]1(C)CC[C@]1(O)O[C@H]([C@H](O)[C@H](C)C(=O)[O-])C[C@@]31C)C4)C1=CC(C)(C)OC(C)(C)[C@H]1[C@@H]2O.[Na+]. The Morgan fingerprint density at radius 3 is 2.44 bits per heavy atom. The van der Waals surface area contributed by atoms with Crippen LogP contribution in [0.5, 0.6) is 0 Å². The monoisotopic (exact) mass is 723 g/mol. The first kappa shape index (κ1) is 38.8. The molecule has 4 N–H and O–H groups in total. The van der Waals surface area contributed by atoms with Crippen LogP contribution >= 0.6 is 0 Å². The van der Waals surface area contributed by atoms with Gasteiger partial charge in [-0.3, -0.25) is 0 Å². The predicted molar refractivity (Wildman–Crippen MR) is 194 cm³/mol. The molecule has 3 heterocycles. The van der Waals surface area contributed by atoms with Gasteiger partial charge in [-0.1, -0.05) is 39.3 Å². The third-order valence-corrected chi connectivity index (χ3v) is 15.5. The topological polar surface area (TPSA) is 135 Å². The molecule has 3 fully saturated rings. The minimum Gasteiger partial charge on any atom is -0.550 e. The van der Waals surface area contributed by atoms with Crippen LogP contribution in [0, 0.1) is 34.5 Å². The fraction of sp³-hybridized carbons (Fsp3) is 0.698. The summed E-state index contributed by atoms with van der Waals surface area (Å²) in [6.45, 7) is 21.1. The molecule has 8 rings (SSSR count). The van der Waals surface area contributed by atoms with Gasteiger partial charge < -0.3 is 39.7 Å². The van der Waals surface area contributed by atoms with Crippen molar-refractivity contribution in [3.05, 3.63) is 51.7 Å². The van der Waals surface area contributed by atoms with E-state index in [1.54, 1.807) is 0 Å². The summed E-state index contributed by atoms with van der Waals surface area (Å²) in [6.07, 6.45) is 7.00. The number of aromatic amines is 1. The number of carbonyl (C=O) groups excluding carboxylic acids is 1. The molecule has 1 saturated heterocycles. The summed E-state index contributed by atoms with van der Waals surface area (Å²) < 4.78 is 12.9. The molecule has 0 radical (unpaired) electrons. The smallest absolute Gasteiger partial charge is 0.550 e. The Hall–Kier alpha value is -1.49. The van der Waals surface area contributed by atoms with Crippen LogP contribution in [0.1, 0.15) is 135 Å². The number of aromatic nitrogens is 1. The van der Waals surface area contributed by atoms with Crippen molar-refractivity contribution in [2.75, 3.05) is 0 Å². The third-order valence-electron chi connectivity index (χ3n) is 15.5. The first-order chi connectivity index (χ1) is 23.6. The molecule has 11 atom stereocenters. The third kappa shape index (κ3) is 4.96. The maximum atomic E-state index is 12.2. The molecule has 9 heteroatoms. The Bertz CT molecular complexity index is 1910. The molecule has 52 heavy (non-hydrogen) atoms. The summed E-state index contributed by atoms with van der Waals surface area (Å²) in [5.41, 5.74) is 7.49. The Morgan fingerprint density at radius 2 is 1.79 bits per heavy atom. The van der Waals surface area contributed by atoms with Crippen LogP contribution in [0.25, 0.3) is 16.5 Å². The van der Waals surface area contributed by atoms with Gasteiger partial charge in [0.15, 0.2) is 5.79 Å². The second kappa shape index (κ2) is 12.0. The zero-order chi connectivity index (χ0) is 37.0. The van der Waals surface area contributed by atoms with Gasteiger partial charge in [-0.2, -0.15) is 0 Å². The normalized spacial score (nSPS) is 40.2. The van der Waals surface area contributed by atoms with Gasteiger partial charge in [0.25, 0.3) is 0 Å². The summed E-state index contributed by atoms with van der Waals surface area (Å²) in [7, 11) is 0. The molecule has 0 spiro atoms. The number of allylic oxidation sites excluding steroid dienone is 2. The predicted octanol–water partition coefficient (Wildman–Crippen LogP) is 3.19.